The van der Waals surface area contributed by atoms with Crippen LogP contribution in [0, 0.1) is 0 Å². The molecule has 2 aromatic heterocycles. The van der Waals surface area contributed by atoms with Gasteiger partial charge in [0.1, 0.15) is 5.65 Å². The Balaban J connectivity index is 1.59. The zero-order valence-corrected chi connectivity index (χ0v) is 15.6. The van der Waals surface area contributed by atoms with Crippen molar-refractivity contribution in [3.8, 4) is 0 Å². The third-order valence-corrected chi connectivity index (χ3v) is 4.34. The van der Waals surface area contributed by atoms with Crippen LogP contribution in [0.2, 0.25) is 0 Å². The van der Waals surface area contributed by atoms with Crippen molar-refractivity contribution in [2.75, 3.05) is 13.1 Å². The van der Waals surface area contributed by atoms with Crippen molar-refractivity contribution in [2.45, 2.75) is 33.2 Å². The Morgan fingerprint density at radius 1 is 1.04 bits per heavy atom. The molecule has 0 radical (unpaired) electrons. The maximum atomic E-state index is 4.74. The maximum Gasteiger partial charge on any atom is 0.191 e. The summed E-state index contributed by atoms with van der Waals surface area (Å²) < 4.78 is 2.05. The van der Waals surface area contributed by atoms with Crippen molar-refractivity contribution in [1.82, 2.24) is 20.0 Å². The molecule has 0 aliphatic rings. The van der Waals surface area contributed by atoms with E-state index in [4.69, 9.17) is 4.99 Å². The van der Waals surface area contributed by atoms with Crippen LogP contribution in [-0.4, -0.2) is 28.4 Å². The van der Waals surface area contributed by atoms with E-state index in [1.165, 1.54) is 11.1 Å². The summed E-state index contributed by atoms with van der Waals surface area (Å²) in [6, 6.07) is 14.5. The van der Waals surface area contributed by atoms with Gasteiger partial charge in [-0.25, -0.2) is 9.98 Å². The molecule has 0 saturated carbocycles. The van der Waals surface area contributed by atoms with E-state index >= 15 is 0 Å². The summed E-state index contributed by atoms with van der Waals surface area (Å²) in [7, 11) is 0. The fourth-order valence-corrected chi connectivity index (χ4v) is 2.98. The summed E-state index contributed by atoms with van der Waals surface area (Å²) in [6.45, 7) is 6.59. The highest BCUT2D eigenvalue weighted by molar-refractivity contribution is 5.79. The van der Waals surface area contributed by atoms with Gasteiger partial charge in [0.05, 0.1) is 12.2 Å². The van der Waals surface area contributed by atoms with Gasteiger partial charge in [0.2, 0.25) is 0 Å². The van der Waals surface area contributed by atoms with Crippen LogP contribution in [-0.2, 0) is 19.4 Å². The van der Waals surface area contributed by atoms with Crippen LogP contribution in [0.4, 0.5) is 0 Å². The number of hydrogen-bond donors (Lipinski definition) is 2. The number of nitrogens with one attached hydrogen (secondary N) is 2. The van der Waals surface area contributed by atoms with Gasteiger partial charge in [-0.2, -0.15) is 0 Å². The highest BCUT2D eigenvalue weighted by Gasteiger charge is 2.03. The van der Waals surface area contributed by atoms with Crippen LogP contribution in [0.1, 0.15) is 30.7 Å². The molecule has 0 fully saturated rings. The van der Waals surface area contributed by atoms with Crippen LogP contribution >= 0.6 is 0 Å². The molecule has 2 N–H and O–H groups in total. The summed E-state index contributed by atoms with van der Waals surface area (Å²) in [5.74, 6) is 0.849. The molecule has 136 valence electrons. The Hall–Kier alpha value is -2.82. The minimum Gasteiger partial charge on any atom is -0.357 e. The van der Waals surface area contributed by atoms with Crippen molar-refractivity contribution in [3.05, 3.63) is 71.7 Å². The van der Waals surface area contributed by atoms with Gasteiger partial charge >= 0.3 is 0 Å². The maximum absolute atomic E-state index is 4.74. The molecule has 5 nitrogen and oxygen atoms in total. The number of benzene rings is 1. The molecule has 0 unspecified atom stereocenters. The number of pyridine rings is 1. The Morgan fingerprint density at radius 2 is 1.85 bits per heavy atom. The van der Waals surface area contributed by atoms with Gasteiger partial charge in [0.15, 0.2) is 5.96 Å². The van der Waals surface area contributed by atoms with Crippen LogP contribution in [0.25, 0.3) is 5.65 Å². The Morgan fingerprint density at radius 3 is 2.62 bits per heavy atom. The SMILES string of the molecule is CCNC(=NCc1ccccc1CC)NCCc1cn2ccccc2n1. The lowest BCUT2D eigenvalue weighted by molar-refractivity contribution is 0.790. The topological polar surface area (TPSA) is 53.7 Å². The van der Waals surface area contributed by atoms with Gasteiger partial charge in [-0.3, -0.25) is 0 Å². The first kappa shape index (κ1) is 18.0. The normalized spacial score (nSPS) is 11.7. The second-order valence-corrected chi connectivity index (χ2v) is 6.19. The van der Waals surface area contributed by atoms with E-state index in [1.807, 2.05) is 24.4 Å². The van der Waals surface area contributed by atoms with Gasteiger partial charge in [-0.1, -0.05) is 37.3 Å². The van der Waals surface area contributed by atoms with Crippen molar-refractivity contribution in [3.63, 3.8) is 0 Å². The largest absolute Gasteiger partial charge is 0.357 e. The van der Waals surface area contributed by atoms with E-state index < -0.39 is 0 Å². The lowest BCUT2D eigenvalue weighted by Gasteiger charge is -2.11. The molecule has 0 atom stereocenters. The lowest BCUT2D eigenvalue weighted by Crippen LogP contribution is -2.38. The first-order valence-corrected chi connectivity index (χ1v) is 9.31. The van der Waals surface area contributed by atoms with Gasteiger partial charge in [0.25, 0.3) is 0 Å². The average Bonchev–Trinajstić information content (AvgIpc) is 3.09. The number of fused-ring (bicyclic) bond motifs is 1. The first-order chi connectivity index (χ1) is 12.8. The predicted molar refractivity (Wildman–Crippen MR) is 108 cm³/mol. The molecule has 0 amide bonds. The molecule has 2 heterocycles. The number of aromatic nitrogens is 2. The van der Waals surface area contributed by atoms with Crippen LogP contribution < -0.4 is 10.6 Å². The summed E-state index contributed by atoms with van der Waals surface area (Å²) in [6.07, 6.45) is 6.00. The third kappa shape index (κ3) is 4.63. The monoisotopic (exact) mass is 349 g/mol. The summed E-state index contributed by atoms with van der Waals surface area (Å²) in [5, 5.41) is 6.73. The number of hydrogen-bond acceptors (Lipinski definition) is 2. The average molecular weight is 349 g/mol. The van der Waals surface area contributed by atoms with Gasteiger partial charge in [-0.15, -0.1) is 0 Å². The molecule has 0 saturated heterocycles. The van der Waals surface area contributed by atoms with Gasteiger partial charge in [0, 0.05) is 31.9 Å². The van der Waals surface area contributed by atoms with Gasteiger partial charge in [-0.05, 0) is 36.6 Å². The molecule has 0 spiro atoms. The van der Waals surface area contributed by atoms with Crippen molar-refractivity contribution in [2.24, 2.45) is 4.99 Å². The van der Waals surface area contributed by atoms with Crippen LogP contribution in [0.15, 0.2) is 59.9 Å². The Kier molecular flexibility index (Phi) is 6.25. The molecule has 3 rings (SSSR count). The molecule has 1 aromatic carbocycles. The highest BCUT2D eigenvalue weighted by Crippen LogP contribution is 2.10. The minimum absolute atomic E-state index is 0.688. The second kappa shape index (κ2) is 9.04. The second-order valence-electron chi connectivity index (χ2n) is 6.19. The third-order valence-electron chi connectivity index (χ3n) is 4.34. The molecule has 0 aliphatic carbocycles. The fraction of sp³-hybridized carbons (Fsp3) is 0.333. The van der Waals surface area contributed by atoms with Crippen molar-refractivity contribution < 1.29 is 0 Å². The van der Waals surface area contributed by atoms with Crippen molar-refractivity contribution >= 4 is 11.6 Å². The van der Waals surface area contributed by atoms with Crippen LogP contribution in [0.3, 0.4) is 0 Å². The van der Waals surface area contributed by atoms with Gasteiger partial charge < -0.3 is 15.0 Å². The number of rotatable bonds is 7. The minimum atomic E-state index is 0.688. The molecule has 26 heavy (non-hydrogen) atoms. The van der Waals surface area contributed by atoms with Crippen LogP contribution in [0.5, 0.6) is 0 Å². The zero-order valence-electron chi connectivity index (χ0n) is 15.6. The quantitative estimate of drug-likeness (QED) is 0.509. The first-order valence-electron chi connectivity index (χ1n) is 9.31. The van der Waals surface area contributed by atoms with Crippen molar-refractivity contribution in [1.29, 1.82) is 0 Å². The molecular formula is C21H27N5. The Labute approximate surface area is 155 Å². The summed E-state index contributed by atoms with van der Waals surface area (Å²) in [5.41, 5.74) is 4.71. The standard InChI is InChI=1S/C21H27N5/c1-3-17-9-5-6-10-18(17)15-24-21(22-4-2)23-13-12-19-16-26-14-8-7-11-20(26)25-19/h5-11,14,16H,3-4,12-13,15H2,1-2H3,(H2,22,23,24). The van der Waals surface area contributed by atoms with E-state index in [2.05, 4.69) is 64.3 Å². The summed E-state index contributed by atoms with van der Waals surface area (Å²) >= 11 is 0. The molecular weight excluding hydrogens is 322 g/mol. The van der Waals surface area contributed by atoms with E-state index in [9.17, 15) is 0 Å². The highest BCUT2D eigenvalue weighted by atomic mass is 15.2. The molecule has 5 heteroatoms. The molecule has 0 bridgehead atoms. The lowest BCUT2D eigenvalue weighted by atomic mass is 10.1. The smallest absolute Gasteiger partial charge is 0.191 e. The number of guanidine groups is 1. The van der Waals surface area contributed by atoms with E-state index in [0.29, 0.717) is 6.54 Å². The number of nitrogens with zero attached hydrogens (tertiary/aromatic N) is 3. The number of aryl methyl sites for hydroxylation is 1. The fourth-order valence-electron chi connectivity index (χ4n) is 2.98. The Bertz CT molecular complexity index is 832. The van der Waals surface area contributed by atoms with E-state index in [-0.39, 0.29) is 0 Å². The zero-order chi connectivity index (χ0) is 18.2. The van der Waals surface area contributed by atoms with E-state index in [1.54, 1.807) is 0 Å². The number of imidazole rings is 1. The summed E-state index contributed by atoms with van der Waals surface area (Å²) in [4.78, 5) is 9.37. The van der Waals surface area contributed by atoms with E-state index in [0.717, 1.165) is 43.2 Å². The number of aliphatic imine (C=N–C) groups is 1. The molecule has 3 aromatic rings. The molecule has 0 aliphatic heterocycles. The predicted octanol–water partition coefficient (Wildman–Crippen LogP) is 3.19.